The fourth-order valence-electron chi connectivity index (χ4n) is 2.27. The predicted octanol–water partition coefficient (Wildman–Crippen LogP) is 0.607. The Morgan fingerprint density at radius 2 is 1.52 bits per heavy atom. The number of rotatable bonds is 9. The molecule has 1 rings (SSSR count). The zero-order valence-corrected chi connectivity index (χ0v) is 12.7. The van der Waals surface area contributed by atoms with E-state index in [0.29, 0.717) is 30.1 Å². The lowest BCUT2D eigenvalue weighted by atomic mass is 9.94. The van der Waals surface area contributed by atoms with E-state index in [9.17, 15) is 10.2 Å². The molecule has 1 aromatic rings. The molecule has 0 amide bonds. The molecule has 120 valence electrons. The maximum atomic E-state index is 9.49. The van der Waals surface area contributed by atoms with Crippen molar-refractivity contribution >= 4 is 0 Å². The van der Waals surface area contributed by atoms with Crippen LogP contribution in [0.25, 0.3) is 0 Å². The van der Waals surface area contributed by atoms with Crippen LogP contribution in [-0.4, -0.2) is 56.0 Å². The summed E-state index contributed by atoms with van der Waals surface area (Å²) in [6.45, 7) is -0.389. The Bertz CT molecular complexity index is 409. The van der Waals surface area contributed by atoms with Crippen LogP contribution in [0.15, 0.2) is 12.1 Å². The zero-order valence-electron chi connectivity index (χ0n) is 12.7. The van der Waals surface area contributed by atoms with E-state index in [-0.39, 0.29) is 19.1 Å². The summed E-state index contributed by atoms with van der Waals surface area (Å²) in [4.78, 5) is 0. The Balaban J connectivity index is 2.96. The van der Waals surface area contributed by atoms with E-state index < -0.39 is 6.10 Å². The third-order valence-electron chi connectivity index (χ3n) is 3.32. The standard InChI is InChI=1S/C15H24O6/c1-19-13-6-10(7-14(20-2)15(13)21-3)4-11(8-16)5-12(18)9-17/h6-7,11-12,16-18H,4-5,8-9H2,1-3H3/t11-,12-/m0/s1. The average Bonchev–Trinajstić information content (AvgIpc) is 2.52. The summed E-state index contributed by atoms with van der Waals surface area (Å²) in [5.74, 6) is 1.45. The van der Waals surface area contributed by atoms with Crippen molar-refractivity contribution in [2.24, 2.45) is 5.92 Å². The van der Waals surface area contributed by atoms with Crippen molar-refractivity contribution in [3.63, 3.8) is 0 Å². The van der Waals surface area contributed by atoms with Gasteiger partial charge >= 0.3 is 0 Å². The summed E-state index contributed by atoms with van der Waals surface area (Å²) < 4.78 is 15.8. The van der Waals surface area contributed by atoms with Crippen molar-refractivity contribution < 1.29 is 29.5 Å². The van der Waals surface area contributed by atoms with E-state index in [1.165, 1.54) is 7.11 Å². The molecule has 0 aliphatic carbocycles. The Morgan fingerprint density at radius 3 is 1.90 bits per heavy atom. The van der Waals surface area contributed by atoms with E-state index in [4.69, 9.17) is 19.3 Å². The van der Waals surface area contributed by atoms with Crippen molar-refractivity contribution in [2.75, 3.05) is 34.5 Å². The summed E-state index contributed by atoms with van der Waals surface area (Å²) in [5.41, 5.74) is 0.897. The molecule has 0 aliphatic heterocycles. The van der Waals surface area contributed by atoms with E-state index in [0.717, 1.165) is 5.56 Å². The van der Waals surface area contributed by atoms with Crippen LogP contribution in [-0.2, 0) is 6.42 Å². The minimum atomic E-state index is -0.829. The highest BCUT2D eigenvalue weighted by Gasteiger charge is 2.18. The zero-order chi connectivity index (χ0) is 15.8. The van der Waals surface area contributed by atoms with Crippen LogP contribution in [0.3, 0.4) is 0 Å². The second-order valence-corrected chi connectivity index (χ2v) is 4.86. The number of aliphatic hydroxyl groups is 3. The lowest BCUT2D eigenvalue weighted by molar-refractivity contribution is 0.0626. The Morgan fingerprint density at radius 1 is 0.952 bits per heavy atom. The third-order valence-corrected chi connectivity index (χ3v) is 3.32. The van der Waals surface area contributed by atoms with Crippen molar-refractivity contribution in [3.8, 4) is 17.2 Å². The van der Waals surface area contributed by atoms with Gasteiger partial charge in [-0.25, -0.2) is 0 Å². The van der Waals surface area contributed by atoms with E-state index in [1.807, 2.05) is 12.1 Å². The van der Waals surface area contributed by atoms with Gasteiger partial charge in [0.1, 0.15) is 0 Å². The van der Waals surface area contributed by atoms with Gasteiger partial charge in [-0.05, 0) is 36.5 Å². The minimum Gasteiger partial charge on any atom is -0.493 e. The molecular formula is C15H24O6. The van der Waals surface area contributed by atoms with E-state index in [2.05, 4.69) is 0 Å². The van der Waals surface area contributed by atoms with Gasteiger partial charge in [0.15, 0.2) is 11.5 Å². The van der Waals surface area contributed by atoms with Gasteiger partial charge in [-0.2, -0.15) is 0 Å². The lowest BCUT2D eigenvalue weighted by Gasteiger charge is -2.19. The summed E-state index contributed by atoms with van der Waals surface area (Å²) in [6.07, 6.45) is 0.0256. The first-order valence-corrected chi connectivity index (χ1v) is 6.78. The molecular weight excluding hydrogens is 276 g/mol. The molecule has 0 saturated carbocycles. The molecule has 0 unspecified atom stereocenters. The minimum absolute atomic E-state index is 0.0757. The second-order valence-electron chi connectivity index (χ2n) is 4.86. The van der Waals surface area contributed by atoms with Gasteiger partial charge in [-0.3, -0.25) is 0 Å². The maximum absolute atomic E-state index is 9.49. The highest BCUT2D eigenvalue weighted by Crippen LogP contribution is 2.38. The van der Waals surface area contributed by atoms with Crippen molar-refractivity contribution in [3.05, 3.63) is 17.7 Å². The molecule has 6 heteroatoms. The van der Waals surface area contributed by atoms with Crippen molar-refractivity contribution in [1.29, 1.82) is 0 Å². The average molecular weight is 300 g/mol. The molecule has 0 spiro atoms. The first kappa shape index (κ1) is 17.6. The molecule has 0 saturated heterocycles. The number of hydrogen-bond acceptors (Lipinski definition) is 6. The van der Waals surface area contributed by atoms with Gasteiger partial charge in [-0.15, -0.1) is 0 Å². The third kappa shape index (κ3) is 4.77. The smallest absolute Gasteiger partial charge is 0.203 e. The molecule has 21 heavy (non-hydrogen) atoms. The Hall–Kier alpha value is -1.50. The number of benzene rings is 1. The SMILES string of the molecule is COc1cc(C[C@H](CO)C[C@H](O)CO)cc(OC)c1OC. The van der Waals surface area contributed by atoms with Crippen LogP contribution >= 0.6 is 0 Å². The maximum Gasteiger partial charge on any atom is 0.203 e. The molecule has 1 aromatic carbocycles. The molecule has 0 aliphatic rings. The van der Waals surface area contributed by atoms with Gasteiger partial charge in [-0.1, -0.05) is 0 Å². The van der Waals surface area contributed by atoms with Crippen LogP contribution in [0.4, 0.5) is 0 Å². The molecule has 2 atom stereocenters. The monoisotopic (exact) mass is 300 g/mol. The predicted molar refractivity (Wildman–Crippen MR) is 78.1 cm³/mol. The summed E-state index contributed by atoms with van der Waals surface area (Å²) in [5, 5.41) is 27.8. The summed E-state index contributed by atoms with van der Waals surface area (Å²) in [6, 6.07) is 3.63. The van der Waals surface area contributed by atoms with E-state index in [1.54, 1.807) is 14.2 Å². The molecule has 0 bridgehead atoms. The summed E-state index contributed by atoms with van der Waals surface area (Å²) in [7, 11) is 4.62. The molecule has 0 aromatic heterocycles. The molecule has 0 radical (unpaired) electrons. The fraction of sp³-hybridized carbons (Fsp3) is 0.600. The molecule has 3 N–H and O–H groups in total. The number of ether oxygens (including phenoxy) is 3. The van der Waals surface area contributed by atoms with Gasteiger partial charge in [0.2, 0.25) is 5.75 Å². The first-order valence-electron chi connectivity index (χ1n) is 6.78. The van der Waals surface area contributed by atoms with E-state index >= 15 is 0 Å². The van der Waals surface area contributed by atoms with Crippen LogP contribution in [0.1, 0.15) is 12.0 Å². The van der Waals surface area contributed by atoms with Crippen LogP contribution in [0.2, 0.25) is 0 Å². The largest absolute Gasteiger partial charge is 0.493 e. The highest BCUT2D eigenvalue weighted by atomic mass is 16.5. The fourth-order valence-corrected chi connectivity index (χ4v) is 2.27. The van der Waals surface area contributed by atoms with Gasteiger partial charge in [0.25, 0.3) is 0 Å². The normalized spacial score (nSPS) is 13.6. The number of methoxy groups -OCH3 is 3. The quantitative estimate of drug-likeness (QED) is 0.619. The number of hydrogen-bond donors (Lipinski definition) is 3. The van der Waals surface area contributed by atoms with Crippen LogP contribution in [0.5, 0.6) is 17.2 Å². The van der Waals surface area contributed by atoms with Gasteiger partial charge < -0.3 is 29.5 Å². The Labute approximate surface area is 124 Å². The topological polar surface area (TPSA) is 88.4 Å². The van der Waals surface area contributed by atoms with Gasteiger partial charge in [0.05, 0.1) is 34.0 Å². The lowest BCUT2D eigenvalue weighted by Crippen LogP contribution is -2.21. The summed E-state index contributed by atoms with van der Waals surface area (Å²) >= 11 is 0. The van der Waals surface area contributed by atoms with Crippen LogP contribution in [0, 0.1) is 5.92 Å². The van der Waals surface area contributed by atoms with Crippen molar-refractivity contribution in [1.82, 2.24) is 0 Å². The van der Waals surface area contributed by atoms with Gasteiger partial charge in [0, 0.05) is 6.61 Å². The molecule has 0 heterocycles. The Kier molecular flexibility index (Phi) is 7.28. The number of aliphatic hydroxyl groups excluding tert-OH is 3. The second kappa shape index (κ2) is 8.71. The molecule has 6 nitrogen and oxygen atoms in total. The first-order chi connectivity index (χ1) is 10.1. The highest BCUT2D eigenvalue weighted by molar-refractivity contribution is 5.53. The van der Waals surface area contributed by atoms with Crippen LogP contribution < -0.4 is 14.2 Å². The molecule has 0 fully saturated rings. The van der Waals surface area contributed by atoms with Crippen molar-refractivity contribution in [2.45, 2.75) is 18.9 Å².